The van der Waals surface area contributed by atoms with Crippen LogP contribution in [0.15, 0.2) is 22.3 Å². The number of carbonyl (C=O) groups is 1. The Kier molecular flexibility index (Phi) is 3.95. The summed E-state index contributed by atoms with van der Waals surface area (Å²) in [6, 6.07) is 3.75. The minimum absolute atomic E-state index is 0.210. The van der Waals surface area contributed by atoms with Crippen molar-refractivity contribution in [3.8, 4) is 0 Å². The van der Waals surface area contributed by atoms with E-state index in [4.69, 9.17) is 9.47 Å². The lowest BCUT2D eigenvalue weighted by molar-refractivity contribution is -0.144. The molecule has 7 nitrogen and oxygen atoms in total. The number of ether oxygens (including phenoxy) is 2. The maximum absolute atomic E-state index is 12.5. The van der Waals surface area contributed by atoms with Crippen LogP contribution in [-0.2, 0) is 27.4 Å². The van der Waals surface area contributed by atoms with Crippen LogP contribution in [0, 0.1) is 0 Å². The van der Waals surface area contributed by atoms with Crippen molar-refractivity contribution in [2.24, 2.45) is 0 Å². The standard InChI is InChI=1S/C14H15N3O4S/c1-3-21-12(18)7-16-13(19)10-6-9-4-5-22-14(9)17(10)11(15-16)8-20-2/h4-6H,3,7-8H2,1-2H3. The van der Waals surface area contributed by atoms with Crippen molar-refractivity contribution in [2.75, 3.05) is 13.7 Å². The van der Waals surface area contributed by atoms with Crippen LogP contribution < -0.4 is 5.56 Å². The van der Waals surface area contributed by atoms with Crippen LogP contribution in [0.5, 0.6) is 0 Å². The van der Waals surface area contributed by atoms with Crippen molar-refractivity contribution >= 4 is 33.0 Å². The summed E-state index contributed by atoms with van der Waals surface area (Å²) < 4.78 is 13.0. The van der Waals surface area contributed by atoms with Crippen molar-refractivity contribution in [2.45, 2.75) is 20.1 Å². The molecule has 0 radical (unpaired) electrons. The molecule has 3 aromatic rings. The quantitative estimate of drug-likeness (QED) is 0.664. The second-order valence-electron chi connectivity index (χ2n) is 4.66. The van der Waals surface area contributed by atoms with Crippen molar-refractivity contribution in [3.63, 3.8) is 0 Å². The van der Waals surface area contributed by atoms with Gasteiger partial charge in [0, 0.05) is 12.5 Å². The Hall–Kier alpha value is -2.19. The number of esters is 1. The molecule has 0 spiro atoms. The molecule has 0 aliphatic carbocycles. The highest BCUT2D eigenvalue weighted by Gasteiger charge is 2.16. The minimum atomic E-state index is -0.488. The number of rotatable bonds is 5. The van der Waals surface area contributed by atoms with Crippen molar-refractivity contribution in [1.82, 2.24) is 14.2 Å². The summed E-state index contributed by atoms with van der Waals surface area (Å²) in [6.45, 7) is 2.01. The van der Waals surface area contributed by atoms with Crippen LogP contribution in [0.2, 0.25) is 0 Å². The van der Waals surface area contributed by atoms with Gasteiger partial charge in [0.1, 0.15) is 23.5 Å². The highest BCUT2D eigenvalue weighted by molar-refractivity contribution is 7.16. The van der Waals surface area contributed by atoms with E-state index in [0.29, 0.717) is 11.3 Å². The van der Waals surface area contributed by atoms with E-state index in [1.54, 1.807) is 24.5 Å². The molecule has 22 heavy (non-hydrogen) atoms. The first-order valence-electron chi connectivity index (χ1n) is 6.79. The van der Waals surface area contributed by atoms with E-state index < -0.39 is 5.97 Å². The Bertz CT molecular complexity index is 893. The fourth-order valence-electron chi connectivity index (χ4n) is 2.36. The molecule has 0 saturated heterocycles. The van der Waals surface area contributed by atoms with Crippen LogP contribution in [-0.4, -0.2) is 33.9 Å². The van der Waals surface area contributed by atoms with Gasteiger partial charge in [0.2, 0.25) is 0 Å². The SMILES string of the molecule is CCOC(=O)Cn1nc(COC)n2c(cc3ccsc32)c1=O. The van der Waals surface area contributed by atoms with Crippen LogP contribution in [0.3, 0.4) is 0 Å². The summed E-state index contributed by atoms with van der Waals surface area (Å²) in [5.74, 6) is 0.0806. The average molecular weight is 321 g/mol. The van der Waals surface area contributed by atoms with Gasteiger partial charge in [0.25, 0.3) is 5.56 Å². The van der Waals surface area contributed by atoms with Crippen LogP contribution >= 0.6 is 11.3 Å². The number of hydrogen-bond acceptors (Lipinski definition) is 6. The number of nitrogens with zero attached hydrogens (tertiary/aromatic N) is 3. The van der Waals surface area contributed by atoms with Crippen LogP contribution in [0.25, 0.3) is 15.7 Å². The number of aromatic nitrogens is 3. The molecule has 3 heterocycles. The van der Waals surface area contributed by atoms with Gasteiger partial charge in [-0.2, -0.15) is 5.10 Å². The molecule has 0 fully saturated rings. The van der Waals surface area contributed by atoms with E-state index in [9.17, 15) is 9.59 Å². The van der Waals surface area contributed by atoms with E-state index in [-0.39, 0.29) is 25.3 Å². The molecular formula is C14H15N3O4S. The molecule has 0 atom stereocenters. The highest BCUT2D eigenvalue weighted by atomic mass is 32.1. The number of methoxy groups -OCH3 is 1. The number of hydrogen-bond donors (Lipinski definition) is 0. The third-order valence-electron chi connectivity index (χ3n) is 3.22. The van der Waals surface area contributed by atoms with Gasteiger partial charge in [-0.1, -0.05) is 0 Å². The molecular weight excluding hydrogens is 306 g/mol. The molecule has 3 aromatic heterocycles. The fourth-order valence-corrected chi connectivity index (χ4v) is 3.27. The van der Waals surface area contributed by atoms with Crippen molar-refractivity contribution in [1.29, 1.82) is 0 Å². The van der Waals surface area contributed by atoms with E-state index >= 15 is 0 Å². The summed E-state index contributed by atoms with van der Waals surface area (Å²) >= 11 is 1.53. The molecule has 8 heteroatoms. The molecule has 0 amide bonds. The number of thiophene rings is 1. The minimum Gasteiger partial charge on any atom is -0.465 e. The summed E-state index contributed by atoms with van der Waals surface area (Å²) in [5, 5.41) is 7.19. The lowest BCUT2D eigenvalue weighted by Crippen LogP contribution is -2.30. The largest absolute Gasteiger partial charge is 0.465 e. The fraction of sp³-hybridized carbons (Fsp3) is 0.357. The topological polar surface area (TPSA) is 74.8 Å². The third-order valence-corrected chi connectivity index (χ3v) is 4.13. The predicted molar refractivity (Wildman–Crippen MR) is 82.2 cm³/mol. The highest BCUT2D eigenvalue weighted by Crippen LogP contribution is 2.24. The van der Waals surface area contributed by atoms with Gasteiger partial charge in [0.15, 0.2) is 5.82 Å². The van der Waals surface area contributed by atoms with Gasteiger partial charge in [-0.25, -0.2) is 4.68 Å². The molecule has 0 unspecified atom stereocenters. The normalized spacial score (nSPS) is 11.4. The molecule has 3 rings (SSSR count). The van der Waals surface area contributed by atoms with Gasteiger partial charge in [-0.3, -0.25) is 14.0 Å². The Morgan fingerprint density at radius 3 is 3.00 bits per heavy atom. The monoisotopic (exact) mass is 321 g/mol. The van der Waals surface area contributed by atoms with Gasteiger partial charge < -0.3 is 9.47 Å². The van der Waals surface area contributed by atoms with Crippen LogP contribution in [0.4, 0.5) is 0 Å². The van der Waals surface area contributed by atoms with Gasteiger partial charge in [-0.15, -0.1) is 11.3 Å². The third kappa shape index (κ3) is 2.40. The van der Waals surface area contributed by atoms with Crippen LogP contribution in [0.1, 0.15) is 12.7 Å². The lowest BCUT2D eigenvalue weighted by Gasteiger charge is -2.09. The molecule has 0 bridgehead atoms. The van der Waals surface area contributed by atoms with E-state index in [1.165, 1.54) is 11.3 Å². The molecule has 0 aliphatic heterocycles. The molecule has 0 saturated carbocycles. The summed E-state index contributed by atoms with van der Waals surface area (Å²) in [6.07, 6.45) is 0. The van der Waals surface area contributed by atoms with Gasteiger partial charge >= 0.3 is 5.97 Å². The lowest BCUT2D eigenvalue weighted by atomic mass is 10.4. The van der Waals surface area contributed by atoms with Crippen molar-refractivity contribution in [3.05, 3.63) is 33.7 Å². The maximum Gasteiger partial charge on any atom is 0.327 e. The zero-order valence-electron chi connectivity index (χ0n) is 12.2. The molecule has 0 N–H and O–H groups in total. The Morgan fingerprint density at radius 2 is 2.27 bits per heavy atom. The Balaban J connectivity index is 2.20. The maximum atomic E-state index is 12.5. The molecule has 0 aromatic carbocycles. The smallest absolute Gasteiger partial charge is 0.327 e. The first-order valence-corrected chi connectivity index (χ1v) is 7.67. The van der Waals surface area contributed by atoms with E-state index in [1.807, 2.05) is 11.4 Å². The zero-order valence-corrected chi connectivity index (χ0v) is 13.1. The second kappa shape index (κ2) is 5.90. The van der Waals surface area contributed by atoms with Gasteiger partial charge in [-0.05, 0) is 24.4 Å². The number of fused-ring (bicyclic) bond motifs is 3. The second-order valence-corrected chi connectivity index (χ2v) is 5.56. The van der Waals surface area contributed by atoms with E-state index in [0.717, 1.165) is 14.9 Å². The van der Waals surface area contributed by atoms with Gasteiger partial charge in [0.05, 0.1) is 6.61 Å². The summed E-state index contributed by atoms with van der Waals surface area (Å²) in [7, 11) is 1.56. The Labute approximate surface area is 129 Å². The summed E-state index contributed by atoms with van der Waals surface area (Å²) in [5.41, 5.74) is 0.157. The first-order chi connectivity index (χ1) is 10.7. The average Bonchev–Trinajstić information content (AvgIpc) is 3.05. The zero-order chi connectivity index (χ0) is 15.7. The summed E-state index contributed by atoms with van der Waals surface area (Å²) in [4.78, 5) is 25.1. The molecule has 0 aliphatic rings. The van der Waals surface area contributed by atoms with E-state index in [2.05, 4.69) is 5.10 Å². The number of carbonyl (C=O) groups excluding carboxylic acids is 1. The van der Waals surface area contributed by atoms with Crippen molar-refractivity contribution < 1.29 is 14.3 Å². The predicted octanol–water partition coefficient (Wildman–Crippen LogP) is 1.42. The Morgan fingerprint density at radius 1 is 1.45 bits per heavy atom. The first kappa shape index (κ1) is 14.7. The molecule has 116 valence electrons.